The molecule has 74 valence electrons. The van der Waals surface area contributed by atoms with Gasteiger partial charge in [0, 0.05) is 10.6 Å². The molecule has 1 aromatic rings. The minimum Gasteiger partial charge on any atom is -0.293 e. The molecule has 0 aliphatic rings. The van der Waals surface area contributed by atoms with Crippen LogP contribution in [0.1, 0.15) is 24.2 Å². The van der Waals surface area contributed by atoms with E-state index in [4.69, 9.17) is 11.6 Å². The third-order valence-electron chi connectivity index (χ3n) is 2.14. The quantitative estimate of drug-likeness (QED) is 0.693. The van der Waals surface area contributed by atoms with E-state index in [1.165, 1.54) is 0 Å². The normalized spacial score (nSPS) is 13.8. The van der Waals surface area contributed by atoms with Crippen LogP contribution in [0.15, 0.2) is 41.4 Å². The van der Waals surface area contributed by atoms with Crippen molar-refractivity contribution in [2.45, 2.75) is 13.8 Å². The minimum atomic E-state index is -0.246. The zero-order chi connectivity index (χ0) is 10.6. The van der Waals surface area contributed by atoms with Gasteiger partial charge >= 0.3 is 0 Å². The predicted molar refractivity (Wildman–Crippen MR) is 59.5 cm³/mol. The van der Waals surface area contributed by atoms with Crippen molar-refractivity contribution in [3.05, 3.63) is 47.0 Å². The highest BCUT2D eigenvalue weighted by molar-refractivity contribution is 6.31. The van der Waals surface area contributed by atoms with Crippen LogP contribution < -0.4 is 0 Å². The predicted octanol–water partition coefficient (Wildman–Crippen LogP) is 3.65. The second-order valence-corrected chi connectivity index (χ2v) is 3.56. The van der Waals surface area contributed by atoms with Gasteiger partial charge in [-0.05, 0) is 6.92 Å². The molecule has 0 saturated carbocycles. The van der Waals surface area contributed by atoms with Crippen molar-refractivity contribution in [1.82, 2.24) is 0 Å². The number of halogens is 1. The van der Waals surface area contributed by atoms with E-state index in [-0.39, 0.29) is 11.7 Å². The van der Waals surface area contributed by atoms with E-state index in [0.29, 0.717) is 10.6 Å². The van der Waals surface area contributed by atoms with Crippen molar-refractivity contribution in [2.75, 3.05) is 0 Å². The Hall–Kier alpha value is -1.08. The first-order valence-corrected chi connectivity index (χ1v) is 4.95. The van der Waals surface area contributed by atoms with Gasteiger partial charge in [-0.25, -0.2) is 0 Å². The molecule has 0 saturated heterocycles. The molecule has 2 heteroatoms. The van der Waals surface area contributed by atoms with E-state index in [2.05, 4.69) is 0 Å². The maximum Gasteiger partial charge on any atom is 0.170 e. The summed E-state index contributed by atoms with van der Waals surface area (Å²) in [6, 6.07) is 9.20. The summed E-state index contributed by atoms with van der Waals surface area (Å²) in [7, 11) is 0. The SMILES string of the molecule is C/C=C(\Cl)C(C)C(=O)c1ccccc1. The Balaban J connectivity index is 2.87. The van der Waals surface area contributed by atoms with Crippen LogP contribution in [0.5, 0.6) is 0 Å². The van der Waals surface area contributed by atoms with Crippen molar-refractivity contribution >= 4 is 17.4 Å². The first-order valence-electron chi connectivity index (χ1n) is 4.57. The van der Waals surface area contributed by atoms with E-state index in [1.807, 2.05) is 32.0 Å². The lowest BCUT2D eigenvalue weighted by atomic mass is 9.99. The molecular formula is C12H13ClO. The van der Waals surface area contributed by atoms with Crippen LogP contribution in [0.2, 0.25) is 0 Å². The van der Waals surface area contributed by atoms with Gasteiger partial charge in [-0.3, -0.25) is 4.79 Å². The van der Waals surface area contributed by atoms with Gasteiger partial charge in [-0.1, -0.05) is 54.9 Å². The Labute approximate surface area is 89.4 Å². The van der Waals surface area contributed by atoms with Crippen molar-refractivity contribution in [3.8, 4) is 0 Å². The lowest BCUT2D eigenvalue weighted by molar-refractivity contribution is 0.0951. The van der Waals surface area contributed by atoms with E-state index >= 15 is 0 Å². The van der Waals surface area contributed by atoms with Gasteiger partial charge in [0.1, 0.15) is 0 Å². The molecule has 0 fully saturated rings. The standard InChI is InChI=1S/C12H13ClO/c1-3-11(13)9(2)12(14)10-7-5-4-6-8-10/h3-9H,1-2H3/b11-3-. The topological polar surface area (TPSA) is 17.1 Å². The van der Waals surface area contributed by atoms with Crippen molar-refractivity contribution < 1.29 is 4.79 Å². The molecule has 1 rings (SSSR count). The number of Topliss-reactive ketones (excluding diaryl/α,β-unsaturated/α-hetero) is 1. The summed E-state index contributed by atoms with van der Waals surface area (Å²) in [5.74, 6) is -0.183. The molecular weight excluding hydrogens is 196 g/mol. The first kappa shape index (κ1) is 11.0. The van der Waals surface area contributed by atoms with Gasteiger partial charge in [-0.15, -0.1) is 0 Å². The van der Waals surface area contributed by atoms with Crippen LogP contribution in [0.4, 0.5) is 0 Å². The maximum atomic E-state index is 11.8. The Morgan fingerprint density at radius 3 is 2.43 bits per heavy atom. The average molecular weight is 209 g/mol. The van der Waals surface area contributed by atoms with Crippen LogP contribution >= 0.6 is 11.6 Å². The summed E-state index contributed by atoms with van der Waals surface area (Å²) in [6.45, 7) is 3.65. The van der Waals surface area contributed by atoms with Crippen LogP contribution in [0.25, 0.3) is 0 Å². The van der Waals surface area contributed by atoms with Gasteiger partial charge in [0.25, 0.3) is 0 Å². The highest BCUT2D eigenvalue weighted by atomic mass is 35.5. The summed E-state index contributed by atoms with van der Waals surface area (Å²) in [5, 5.41) is 0.596. The van der Waals surface area contributed by atoms with Crippen molar-refractivity contribution in [3.63, 3.8) is 0 Å². The number of benzene rings is 1. The molecule has 1 atom stereocenters. The molecule has 0 aliphatic heterocycles. The van der Waals surface area contributed by atoms with E-state index in [0.717, 1.165) is 0 Å². The number of hydrogen-bond donors (Lipinski definition) is 0. The maximum absolute atomic E-state index is 11.8. The van der Waals surface area contributed by atoms with Gasteiger partial charge in [0.15, 0.2) is 5.78 Å². The lowest BCUT2D eigenvalue weighted by Gasteiger charge is -2.08. The summed E-state index contributed by atoms with van der Waals surface area (Å²) in [6.07, 6.45) is 1.76. The molecule has 14 heavy (non-hydrogen) atoms. The molecule has 0 radical (unpaired) electrons. The third kappa shape index (κ3) is 2.46. The van der Waals surface area contributed by atoms with E-state index in [9.17, 15) is 4.79 Å². The number of carbonyl (C=O) groups excluding carboxylic acids is 1. The zero-order valence-corrected chi connectivity index (χ0v) is 9.08. The van der Waals surface area contributed by atoms with Gasteiger partial charge in [0.05, 0.1) is 5.92 Å². The number of rotatable bonds is 3. The molecule has 0 aliphatic carbocycles. The van der Waals surface area contributed by atoms with Crippen molar-refractivity contribution in [2.24, 2.45) is 5.92 Å². The summed E-state index contributed by atoms with van der Waals surface area (Å²) >= 11 is 5.90. The average Bonchev–Trinajstić information content (AvgIpc) is 2.27. The second-order valence-electron chi connectivity index (χ2n) is 3.13. The monoisotopic (exact) mass is 208 g/mol. The number of carbonyl (C=O) groups is 1. The lowest BCUT2D eigenvalue weighted by Crippen LogP contribution is -2.11. The molecule has 0 spiro atoms. The van der Waals surface area contributed by atoms with Crippen LogP contribution in [-0.4, -0.2) is 5.78 Å². The third-order valence-corrected chi connectivity index (χ3v) is 2.69. The van der Waals surface area contributed by atoms with Gasteiger partial charge in [0.2, 0.25) is 0 Å². The minimum absolute atomic E-state index is 0.0636. The summed E-state index contributed by atoms with van der Waals surface area (Å²) < 4.78 is 0. The Bertz CT molecular complexity index is 341. The Morgan fingerprint density at radius 1 is 1.36 bits per heavy atom. The molecule has 0 bridgehead atoms. The van der Waals surface area contributed by atoms with E-state index < -0.39 is 0 Å². The van der Waals surface area contributed by atoms with Gasteiger partial charge < -0.3 is 0 Å². The number of hydrogen-bond acceptors (Lipinski definition) is 1. The summed E-state index contributed by atoms with van der Waals surface area (Å²) in [4.78, 5) is 11.8. The Kier molecular flexibility index (Phi) is 3.90. The largest absolute Gasteiger partial charge is 0.293 e. The number of allylic oxidation sites excluding steroid dienone is 2. The van der Waals surface area contributed by atoms with Gasteiger partial charge in [-0.2, -0.15) is 0 Å². The van der Waals surface area contributed by atoms with E-state index in [1.54, 1.807) is 18.2 Å². The molecule has 1 nitrogen and oxygen atoms in total. The van der Waals surface area contributed by atoms with Crippen molar-refractivity contribution in [1.29, 1.82) is 0 Å². The van der Waals surface area contributed by atoms with Crippen LogP contribution in [-0.2, 0) is 0 Å². The zero-order valence-electron chi connectivity index (χ0n) is 8.33. The molecule has 0 aromatic heterocycles. The number of ketones is 1. The fourth-order valence-corrected chi connectivity index (χ4v) is 1.33. The molecule has 0 heterocycles. The highest BCUT2D eigenvalue weighted by Crippen LogP contribution is 2.19. The first-order chi connectivity index (χ1) is 6.66. The fourth-order valence-electron chi connectivity index (χ4n) is 1.23. The summed E-state index contributed by atoms with van der Waals surface area (Å²) in [5.41, 5.74) is 0.708. The molecule has 1 unspecified atom stereocenters. The fraction of sp³-hybridized carbons (Fsp3) is 0.250. The molecule has 0 amide bonds. The van der Waals surface area contributed by atoms with Crippen LogP contribution in [0.3, 0.4) is 0 Å². The second kappa shape index (κ2) is 4.97. The Morgan fingerprint density at radius 2 is 1.93 bits per heavy atom. The molecule has 1 aromatic carbocycles. The molecule has 0 N–H and O–H groups in total. The highest BCUT2D eigenvalue weighted by Gasteiger charge is 2.16. The van der Waals surface area contributed by atoms with Crippen LogP contribution in [0, 0.1) is 5.92 Å². The smallest absolute Gasteiger partial charge is 0.170 e.